The van der Waals surface area contributed by atoms with Crippen LogP contribution in [0.2, 0.25) is 0 Å². The van der Waals surface area contributed by atoms with Crippen LogP contribution in [0.5, 0.6) is 0 Å². The number of aromatic nitrogens is 1. The van der Waals surface area contributed by atoms with Crippen molar-refractivity contribution in [3.05, 3.63) is 241 Å². The van der Waals surface area contributed by atoms with Gasteiger partial charge in [-0.05, 0) is 98.1 Å². The van der Waals surface area contributed by atoms with Gasteiger partial charge < -0.3 is 9.47 Å². The van der Waals surface area contributed by atoms with E-state index in [0.717, 1.165) is 17.1 Å². The molecule has 1 aromatic heterocycles. The molecule has 1 aliphatic carbocycles. The maximum absolute atomic E-state index is 2.54. The first-order valence-electron chi connectivity index (χ1n) is 19.8. The number of rotatable bonds is 5. The van der Waals surface area contributed by atoms with Crippen LogP contribution >= 0.6 is 0 Å². The highest BCUT2D eigenvalue weighted by molar-refractivity contribution is 6.13. The van der Waals surface area contributed by atoms with Crippen molar-refractivity contribution in [1.29, 1.82) is 0 Å². The van der Waals surface area contributed by atoms with Crippen LogP contribution in [0.4, 0.5) is 17.1 Å². The topological polar surface area (TPSA) is 8.17 Å². The fourth-order valence-electron chi connectivity index (χ4n) is 10.0. The Balaban J connectivity index is 1.13. The molecule has 0 saturated heterocycles. The lowest BCUT2D eigenvalue weighted by Gasteiger charge is -2.40. The average molecular weight is 725 g/mol. The molecule has 266 valence electrons. The molecule has 0 radical (unpaired) electrons. The first kappa shape index (κ1) is 31.9. The van der Waals surface area contributed by atoms with Crippen LogP contribution in [0.3, 0.4) is 0 Å². The molecule has 0 unspecified atom stereocenters. The summed E-state index contributed by atoms with van der Waals surface area (Å²) in [6.45, 7) is 0. The predicted molar refractivity (Wildman–Crippen MR) is 237 cm³/mol. The van der Waals surface area contributed by atoms with E-state index in [4.69, 9.17) is 0 Å². The maximum atomic E-state index is 2.54. The highest BCUT2D eigenvalue weighted by Crippen LogP contribution is 2.61. The minimum atomic E-state index is -0.482. The Kier molecular flexibility index (Phi) is 6.88. The molecule has 0 bridgehead atoms. The number of hydrogen-bond donors (Lipinski definition) is 0. The van der Waals surface area contributed by atoms with Gasteiger partial charge in [-0.1, -0.05) is 176 Å². The smallest absolute Gasteiger partial charge is 0.0754 e. The molecule has 0 amide bonds. The Hall–Kier alpha value is -7.42. The number of nitrogens with zero attached hydrogens (tertiary/aromatic N) is 2. The van der Waals surface area contributed by atoms with Crippen molar-refractivity contribution in [2.24, 2.45) is 0 Å². The minimum absolute atomic E-state index is 0.482. The summed E-state index contributed by atoms with van der Waals surface area (Å²) in [6, 6.07) is 80.5. The Morgan fingerprint density at radius 3 is 1.42 bits per heavy atom. The van der Waals surface area contributed by atoms with Crippen LogP contribution in [0, 0.1) is 0 Å². The molecule has 12 rings (SSSR count). The van der Waals surface area contributed by atoms with Gasteiger partial charge in [-0.2, -0.15) is 0 Å². The van der Waals surface area contributed by atoms with Crippen molar-refractivity contribution >= 4 is 38.9 Å². The maximum Gasteiger partial charge on any atom is 0.0754 e. The van der Waals surface area contributed by atoms with Crippen molar-refractivity contribution in [2.45, 2.75) is 5.41 Å². The summed E-state index contributed by atoms with van der Waals surface area (Å²) < 4.78 is 2.54. The Morgan fingerprint density at radius 1 is 0.333 bits per heavy atom. The third kappa shape index (κ3) is 4.53. The Morgan fingerprint density at radius 2 is 0.807 bits per heavy atom. The van der Waals surface area contributed by atoms with E-state index >= 15 is 0 Å². The monoisotopic (exact) mass is 724 g/mol. The first-order chi connectivity index (χ1) is 28.3. The molecule has 2 heteroatoms. The molecule has 0 N–H and O–H groups in total. The first-order valence-corrected chi connectivity index (χ1v) is 19.8. The summed E-state index contributed by atoms with van der Waals surface area (Å²) >= 11 is 0. The fraction of sp³-hybridized carbons (Fsp3) is 0.0182. The van der Waals surface area contributed by atoms with E-state index in [2.05, 4.69) is 228 Å². The molecule has 2 aliphatic rings. The van der Waals surface area contributed by atoms with E-state index in [9.17, 15) is 0 Å². The second-order valence-corrected chi connectivity index (χ2v) is 15.3. The third-order valence-corrected chi connectivity index (χ3v) is 12.4. The third-order valence-electron chi connectivity index (χ3n) is 12.4. The SMILES string of the molecule is c1ccc(-c2ccc(N(c3ccc(-c4ccccc4)cc3)c3ccc4c(c3)-n3c5ccccc5c5cccc(c53)C43c4ccccc4-c4ccccc43)cc2)cc1. The molecular formula is C55H36N2. The van der Waals surface area contributed by atoms with Crippen LogP contribution in [0.15, 0.2) is 218 Å². The molecule has 2 heterocycles. The van der Waals surface area contributed by atoms with Gasteiger partial charge in [0.2, 0.25) is 0 Å². The average Bonchev–Trinajstić information content (AvgIpc) is 3.78. The van der Waals surface area contributed by atoms with Crippen molar-refractivity contribution in [2.75, 3.05) is 4.90 Å². The van der Waals surface area contributed by atoms with Gasteiger partial charge in [-0.15, -0.1) is 0 Å². The van der Waals surface area contributed by atoms with Gasteiger partial charge >= 0.3 is 0 Å². The second kappa shape index (κ2) is 12.3. The molecular weight excluding hydrogens is 689 g/mol. The van der Waals surface area contributed by atoms with Gasteiger partial charge in [0.15, 0.2) is 0 Å². The van der Waals surface area contributed by atoms with E-state index in [0.29, 0.717) is 0 Å². The molecule has 1 aliphatic heterocycles. The molecule has 0 atom stereocenters. The quantitative estimate of drug-likeness (QED) is 0.172. The molecule has 57 heavy (non-hydrogen) atoms. The summed E-state index contributed by atoms with van der Waals surface area (Å²) in [6.07, 6.45) is 0. The Labute approximate surface area is 332 Å². The summed E-state index contributed by atoms with van der Waals surface area (Å²) in [5, 5.41) is 2.55. The summed E-state index contributed by atoms with van der Waals surface area (Å²) in [7, 11) is 0. The van der Waals surface area contributed by atoms with E-state index in [1.165, 1.54) is 83.1 Å². The predicted octanol–water partition coefficient (Wildman–Crippen LogP) is 14.3. The lowest BCUT2D eigenvalue weighted by atomic mass is 9.65. The molecule has 0 fully saturated rings. The number of benzene rings is 9. The highest BCUT2D eigenvalue weighted by atomic mass is 15.1. The lowest BCUT2D eigenvalue weighted by Crippen LogP contribution is -2.33. The highest BCUT2D eigenvalue weighted by Gasteiger charge is 2.50. The van der Waals surface area contributed by atoms with Crippen molar-refractivity contribution < 1.29 is 0 Å². The summed E-state index contributed by atoms with van der Waals surface area (Å²) in [5.41, 5.74) is 19.3. The van der Waals surface area contributed by atoms with Crippen LogP contribution in [0.25, 0.3) is 60.9 Å². The van der Waals surface area contributed by atoms with E-state index in [1.54, 1.807) is 0 Å². The number of para-hydroxylation sites is 2. The number of anilines is 3. The van der Waals surface area contributed by atoms with Crippen LogP contribution in [-0.2, 0) is 5.41 Å². The van der Waals surface area contributed by atoms with Crippen LogP contribution in [0.1, 0.15) is 22.3 Å². The molecule has 9 aromatic carbocycles. The molecule has 10 aromatic rings. The summed E-state index contributed by atoms with van der Waals surface area (Å²) in [5.74, 6) is 0. The fourth-order valence-corrected chi connectivity index (χ4v) is 10.0. The van der Waals surface area contributed by atoms with Gasteiger partial charge in [0.25, 0.3) is 0 Å². The van der Waals surface area contributed by atoms with Crippen molar-refractivity contribution in [3.8, 4) is 39.1 Å². The number of hydrogen-bond acceptors (Lipinski definition) is 1. The molecule has 1 spiro atoms. The van der Waals surface area contributed by atoms with Gasteiger partial charge in [0.1, 0.15) is 0 Å². The molecule has 0 saturated carbocycles. The lowest BCUT2D eigenvalue weighted by molar-refractivity contribution is 0.748. The van der Waals surface area contributed by atoms with Crippen molar-refractivity contribution in [3.63, 3.8) is 0 Å². The van der Waals surface area contributed by atoms with E-state index < -0.39 is 5.41 Å². The van der Waals surface area contributed by atoms with Gasteiger partial charge in [-0.25, -0.2) is 0 Å². The van der Waals surface area contributed by atoms with E-state index in [1.807, 2.05) is 0 Å². The van der Waals surface area contributed by atoms with Gasteiger partial charge in [-0.3, -0.25) is 0 Å². The second-order valence-electron chi connectivity index (χ2n) is 15.3. The normalized spacial score (nSPS) is 13.1. The van der Waals surface area contributed by atoms with Crippen LogP contribution < -0.4 is 4.90 Å². The van der Waals surface area contributed by atoms with Crippen molar-refractivity contribution in [1.82, 2.24) is 4.57 Å². The zero-order valence-electron chi connectivity index (χ0n) is 31.2. The van der Waals surface area contributed by atoms with Gasteiger partial charge in [0.05, 0.1) is 22.1 Å². The minimum Gasteiger partial charge on any atom is -0.310 e. The zero-order chi connectivity index (χ0) is 37.5. The standard InChI is InChI=1S/C55H36N2/c1-3-14-37(15-4-1)39-26-30-41(31-27-39)56(42-32-28-40(29-33-42)38-16-5-2-6-17-38)43-34-35-50-53(36-43)57-52-25-12-9-20-46(52)47-21-13-24-51(54(47)57)55(50)48-22-10-7-18-44(48)45-19-8-11-23-49(45)55/h1-36H. The summed E-state index contributed by atoms with van der Waals surface area (Å²) in [4.78, 5) is 2.41. The van der Waals surface area contributed by atoms with Gasteiger partial charge in [0, 0.05) is 27.8 Å². The zero-order valence-corrected chi connectivity index (χ0v) is 31.2. The number of fused-ring (bicyclic) bond motifs is 12. The van der Waals surface area contributed by atoms with Crippen LogP contribution in [-0.4, -0.2) is 4.57 Å². The largest absolute Gasteiger partial charge is 0.310 e. The van der Waals surface area contributed by atoms with E-state index in [-0.39, 0.29) is 0 Å². The molecule has 2 nitrogen and oxygen atoms in total. The Bertz CT molecular complexity index is 3030.